The number of amides is 2. The fourth-order valence-electron chi connectivity index (χ4n) is 2.36. The lowest BCUT2D eigenvalue weighted by Crippen LogP contribution is -2.31. The SMILES string of the molecule is CCNC(C)c1ccc(OCCN2CCNC2=O)cc1F. The number of rotatable bonds is 7. The number of ether oxygens (including phenoxy) is 1. The van der Waals surface area contributed by atoms with Gasteiger partial charge in [0.05, 0.1) is 6.54 Å². The molecular formula is C15H22FN3O2. The van der Waals surface area contributed by atoms with Gasteiger partial charge in [-0.05, 0) is 19.5 Å². The van der Waals surface area contributed by atoms with Crippen molar-refractivity contribution in [1.82, 2.24) is 15.5 Å². The van der Waals surface area contributed by atoms with E-state index in [0.29, 0.717) is 37.6 Å². The van der Waals surface area contributed by atoms with Crippen molar-refractivity contribution in [2.24, 2.45) is 0 Å². The Bertz CT molecular complexity index is 496. The summed E-state index contributed by atoms with van der Waals surface area (Å²) < 4.78 is 19.5. The lowest BCUT2D eigenvalue weighted by atomic mass is 10.1. The molecule has 0 bridgehead atoms. The van der Waals surface area contributed by atoms with Crippen molar-refractivity contribution in [3.05, 3.63) is 29.6 Å². The molecule has 116 valence electrons. The molecule has 2 amide bonds. The summed E-state index contributed by atoms with van der Waals surface area (Å²) in [5, 5.41) is 5.90. The van der Waals surface area contributed by atoms with Crippen molar-refractivity contribution in [2.45, 2.75) is 19.9 Å². The lowest BCUT2D eigenvalue weighted by Gasteiger charge is -2.16. The highest BCUT2D eigenvalue weighted by Crippen LogP contribution is 2.21. The molecule has 21 heavy (non-hydrogen) atoms. The molecule has 2 N–H and O–H groups in total. The van der Waals surface area contributed by atoms with Crippen LogP contribution >= 0.6 is 0 Å². The first kappa shape index (κ1) is 15.6. The van der Waals surface area contributed by atoms with Crippen LogP contribution in [0.4, 0.5) is 9.18 Å². The summed E-state index contributed by atoms with van der Waals surface area (Å²) in [6, 6.07) is 4.79. The van der Waals surface area contributed by atoms with Crippen LogP contribution in [0.15, 0.2) is 18.2 Å². The first-order valence-electron chi connectivity index (χ1n) is 7.30. The zero-order valence-electron chi connectivity index (χ0n) is 12.5. The van der Waals surface area contributed by atoms with E-state index < -0.39 is 0 Å². The summed E-state index contributed by atoms with van der Waals surface area (Å²) in [5.41, 5.74) is 0.628. The van der Waals surface area contributed by atoms with Gasteiger partial charge < -0.3 is 20.3 Å². The van der Waals surface area contributed by atoms with Crippen LogP contribution in [-0.2, 0) is 0 Å². The summed E-state index contributed by atoms with van der Waals surface area (Å²) in [5.74, 6) is 0.208. The van der Waals surface area contributed by atoms with Gasteiger partial charge >= 0.3 is 6.03 Å². The molecule has 1 heterocycles. The van der Waals surface area contributed by atoms with Crippen molar-refractivity contribution in [3.8, 4) is 5.75 Å². The zero-order valence-corrected chi connectivity index (χ0v) is 12.5. The number of halogens is 1. The highest BCUT2D eigenvalue weighted by atomic mass is 19.1. The van der Waals surface area contributed by atoms with Gasteiger partial charge in [0.25, 0.3) is 0 Å². The van der Waals surface area contributed by atoms with E-state index in [1.807, 2.05) is 13.8 Å². The van der Waals surface area contributed by atoms with Crippen LogP contribution in [0.1, 0.15) is 25.5 Å². The molecule has 1 fully saturated rings. The van der Waals surface area contributed by atoms with Crippen molar-refractivity contribution in [2.75, 3.05) is 32.8 Å². The summed E-state index contributed by atoms with van der Waals surface area (Å²) in [4.78, 5) is 13.0. The van der Waals surface area contributed by atoms with Gasteiger partial charge in [-0.25, -0.2) is 9.18 Å². The molecule has 0 saturated carbocycles. The van der Waals surface area contributed by atoms with Crippen molar-refractivity contribution >= 4 is 6.03 Å². The summed E-state index contributed by atoms with van der Waals surface area (Å²) in [6.07, 6.45) is 0. The molecule has 6 heteroatoms. The molecule has 1 aromatic rings. The summed E-state index contributed by atoms with van der Waals surface area (Å²) in [7, 11) is 0. The quantitative estimate of drug-likeness (QED) is 0.808. The molecule has 0 aliphatic carbocycles. The maximum Gasteiger partial charge on any atom is 0.317 e. The van der Waals surface area contributed by atoms with Gasteiger partial charge in [0, 0.05) is 30.8 Å². The zero-order chi connectivity index (χ0) is 15.2. The van der Waals surface area contributed by atoms with Gasteiger partial charge in [0.15, 0.2) is 0 Å². The Morgan fingerprint density at radius 2 is 2.33 bits per heavy atom. The molecule has 2 rings (SSSR count). The van der Waals surface area contributed by atoms with Crippen LogP contribution in [0.25, 0.3) is 0 Å². The molecule has 1 aliphatic heterocycles. The third kappa shape index (κ3) is 4.07. The summed E-state index contributed by atoms with van der Waals surface area (Å²) >= 11 is 0. The van der Waals surface area contributed by atoms with Gasteiger partial charge in [0.2, 0.25) is 0 Å². The third-order valence-corrected chi connectivity index (χ3v) is 3.52. The minimum atomic E-state index is -0.278. The highest BCUT2D eigenvalue weighted by Gasteiger charge is 2.18. The first-order valence-corrected chi connectivity index (χ1v) is 7.30. The largest absolute Gasteiger partial charge is 0.492 e. The predicted octanol–water partition coefficient (Wildman–Crippen LogP) is 1.90. The van der Waals surface area contributed by atoms with Gasteiger partial charge in [-0.1, -0.05) is 13.0 Å². The van der Waals surface area contributed by atoms with Crippen LogP contribution in [0, 0.1) is 5.82 Å². The van der Waals surface area contributed by atoms with Crippen LogP contribution < -0.4 is 15.4 Å². The van der Waals surface area contributed by atoms with E-state index in [2.05, 4.69) is 10.6 Å². The Morgan fingerprint density at radius 3 is 2.95 bits per heavy atom. The Morgan fingerprint density at radius 1 is 1.52 bits per heavy atom. The fraction of sp³-hybridized carbons (Fsp3) is 0.533. The van der Waals surface area contributed by atoms with Gasteiger partial charge in [-0.2, -0.15) is 0 Å². The normalized spacial score (nSPS) is 16.0. The second-order valence-corrected chi connectivity index (χ2v) is 5.03. The lowest BCUT2D eigenvalue weighted by molar-refractivity contribution is 0.202. The van der Waals surface area contributed by atoms with Crippen molar-refractivity contribution in [3.63, 3.8) is 0 Å². The molecule has 1 saturated heterocycles. The molecule has 0 radical (unpaired) electrons. The number of carbonyl (C=O) groups is 1. The smallest absolute Gasteiger partial charge is 0.317 e. The molecule has 1 atom stereocenters. The molecule has 1 aliphatic rings. The first-order chi connectivity index (χ1) is 10.1. The fourth-order valence-corrected chi connectivity index (χ4v) is 2.36. The predicted molar refractivity (Wildman–Crippen MR) is 79.0 cm³/mol. The number of nitrogens with one attached hydrogen (secondary N) is 2. The van der Waals surface area contributed by atoms with Crippen LogP contribution in [-0.4, -0.2) is 43.7 Å². The minimum absolute atomic E-state index is 0.0302. The standard InChI is InChI=1S/C15H22FN3O2/c1-3-17-11(2)13-5-4-12(10-14(13)16)21-9-8-19-7-6-18-15(19)20/h4-5,10-11,17H,3,6-9H2,1-2H3,(H,18,20). The molecular weight excluding hydrogens is 273 g/mol. The number of hydrogen-bond donors (Lipinski definition) is 2. The monoisotopic (exact) mass is 295 g/mol. The topological polar surface area (TPSA) is 53.6 Å². The van der Waals surface area contributed by atoms with Gasteiger partial charge in [-0.15, -0.1) is 0 Å². The Balaban J connectivity index is 1.86. The third-order valence-electron chi connectivity index (χ3n) is 3.52. The maximum absolute atomic E-state index is 14.0. The number of hydrogen-bond acceptors (Lipinski definition) is 3. The average molecular weight is 295 g/mol. The molecule has 1 unspecified atom stereocenters. The van der Waals surface area contributed by atoms with E-state index in [1.165, 1.54) is 6.07 Å². The molecule has 5 nitrogen and oxygen atoms in total. The van der Waals surface area contributed by atoms with Crippen LogP contribution in [0.5, 0.6) is 5.75 Å². The van der Waals surface area contributed by atoms with E-state index in [-0.39, 0.29) is 17.9 Å². The van der Waals surface area contributed by atoms with Gasteiger partial charge in [0.1, 0.15) is 18.2 Å². The molecule has 1 aromatic carbocycles. The van der Waals surface area contributed by atoms with Crippen molar-refractivity contribution in [1.29, 1.82) is 0 Å². The maximum atomic E-state index is 14.0. The Kier molecular flexibility index (Phi) is 5.38. The molecule has 0 spiro atoms. The van der Waals surface area contributed by atoms with E-state index in [0.717, 1.165) is 6.54 Å². The number of benzene rings is 1. The Hall–Kier alpha value is -1.82. The number of carbonyl (C=O) groups excluding carboxylic acids is 1. The second-order valence-electron chi connectivity index (χ2n) is 5.03. The summed E-state index contributed by atoms with van der Waals surface area (Å²) in [6.45, 7) is 6.92. The Labute approximate surface area is 124 Å². The van der Waals surface area contributed by atoms with E-state index in [4.69, 9.17) is 4.74 Å². The number of nitrogens with zero attached hydrogens (tertiary/aromatic N) is 1. The van der Waals surface area contributed by atoms with Crippen LogP contribution in [0.2, 0.25) is 0 Å². The number of urea groups is 1. The van der Waals surface area contributed by atoms with Crippen LogP contribution in [0.3, 0.4) is 0 Å². The van der Waals surface area contributed by atoms with E-state index >= 15 is 0 Å². The van der Waals surface area contributed by atoms with Gasteiger partial charge in [-0.3, -0.25) is 0 Å². The minimum Gasteiger partial charge on any atom is -0.492 e. The van der Waals surface area contributed by atoms with E-state index in [1.54, 1.807) is 17.0 Å². The highest BCUT2D eigenvalue weighted by molar-refractivity contribution is 5.76. The van der Waals surface area contributed by atoms with E-state index in [9.17, 15) is 9.18 Å². The molecule has 0 aromatic heterocycles. The second kappa shape index (κ2) is 7.26. The average Bonchev–Trinajstić information content (AvgIpc) is 2.85. The van der Waals surface area contributed by atoms with Crippen molar-refractivity contribution < 1.29 is 13.9 Å².